The van der Waals surface area contributed by atoms with Crippen molar-refractivity contribution in [2.45, 2.75) is 6.54 Å². The summed E-state index contributed by atoms with van der Waals surface area (Å²) in [5.41, 5.74) is 0.840. The topological polar surface area (TPSA) is 48.1 Å². The number of hydrogen-bond donors (Lipinski definition) is 0. The van der Waals surface area contributed by atoms with Gasteiger partial charge in [0.2, 0.25) is 0 Å². The molecule has 0 fully saturated rings. The molecule has 0 atom stereocenters. The molecule has 0 N–H and O–H groups in total. The van der Waals surface area contributed by atoms with Crippen molar-refractivity contribution in [2.24, 2.45) is 0 Å². The van der Waals surface area contributed by atoms with Gasteiger partial charge in [0, 0.05) is 28.5 Å². The van der Waals surface area contributed by atoms with Crippen molar-refractivity contribution in [3.8, 4) is 0 Å². The smallest absolute Gasteiger partial charge is 0.275 e. The van der Waals surface area contributed by atoms with Gasteiger partial charge in [0.1, 0.15) is 0 Å². The third-order valence-corrected chi connectivity index (χ3v) is 2.76. The van der Waals surface area contributed by atoms with Crippen LogP contribution in [0.15, 0.2) is 47.2 Å². The summed E-state index contributed by atoms with van der Waals surface area (Å²) < 4.78 is 2.62. The van der Waals surface area contributed by atoms with Gasteiger partial charge in [-0.3, -0.25) is 10.1 Å². The minimum Gasteiger partial charge on any atom is -0.350 e. The number of rotatable bonds is 3. The van der Waals surface area contributed by atoms with Crippen molar-refractivity contribution in [1.29, 1.82) is 0 Å². The van der Waals surface area contributed by atoms with E-state index in [2.05, 4.69) is 15.9 Å². The van der Waals surface area contributed by atoms with E-state index in [0.29, 0.717) is 12.1 Å². The van der Waals surface area contributed by atoms with Crippen molar-refractivity contribution in [3.05, 3.63) is 62.9 Å². The molecule has 2 aromatic rings. The molecule has 0 bridgehead atoms. The van der Waals surface area contributed by atoms with E-state index in [4.69, 9.17) is 0 Å². The first-order valence-corrected chi connectivity index (χ1v) is 5.49. The van der Waals surface area contributed by atoms with E-state index in [9.17, 15) is 10.1 Å². The number of hydrogen-bond acceptors (Lipinski definition) is 2. The number of halogens is 1. The quantitative estimate of drug-likeness (QED) is 0.640. The number of nitro groups is 1. The van der Waals surface area contributed by atoms with E-state index < -0.39 is 0 Å². The van der Waals surface area contributed by atoms with Gasteiger partial charge in [0.25, 0.3) is 5.69 Å². The minimum absolute atomic E-state index is 0.142. The van der Waals surface area contributed by atoms with Crippen LogP contribution in [0.5, 0.6) is 0 Å². The van der Waals surface area contributed by atoms with Crippen LogP contribution in [-0.2, 0) is 6.54 Å². The maximum absolute atomic E-state index is 10.9. The van der Waals surface area contributed by atoms with E-state index in [1.165, 1.54) is 6.07 Å². The van der Waals surface area contributed by atoms with Crippen LogP contribution in [0.2, 0.25) is 0 Å². The van der Waals surface area contributed by atoms with Crippen molar-refractivity contribution in [2.75, 3.05) is 0 Å². The van der Waals surface area contributed by atoms with Gasteiger partial charge in [0.05, 0.1) is 11.5 Å². The summed E-state index contributed by atoms with van der Waals surface area (Å²) in [6.07, 6.45) is 3.76. The highest BCUT2D eigenvalue weighted by Crippen LogP contribution is 2.24. The molecule has 1 aromatic carbocycles. The molecule has 16 heavy (non-hydrogen) atoms. The summed E-state index contributed by atoms with van der Waals surface area (Å²) in [6.45, 7) is 0.511. The van der Waals surface area contributed by atoms with E-state index >= 15 is 0 Å². The summed E-state index contributed by atoms with van der Waals surface area (Å²) in [4.78, 5) is 10.5. The molecule has 0 aliphatic rings. The van der Waals surface area contributed by atoms with Gasteiger partial charge in [-0.1, -0.05) is 15.9 Å². The number of aromatic nitrogens is 1. The Labute approximate surface area is 101 Å². The van der Waals surface area contributed by atoms with Gasteiger partial charge in [-0.2, -0.15) is 0 Å². The maximum Gasteiger partial charge on any atom is 0.275 e. The lowest BCUT2D eigenvalue weighted by Crippen LogP contribution is -2.01. The fraction of sp³-hybridized carbons (Fsp3) is 0.0909. The molecule has 0 saturated carbocycles. The highest BCUT2D eigenvalue weighted by molar-refractivity contribution is 9.10. The molecule has 0 amide bonds. The lowest BCUT2D eigenvalue weighted by Gasteiger charge is -2.04. The number of benzene rings is 1. The second-order valence-electron chi connectivity index (χ2n) is 3.39. The third kappa shape index (κ3) is 2.30. The third-order valence-electron chi connectivity index (χ3n) is 2.26. The normalized spacial score (nSPS) is 10.3. The molecule has 82 valence electrons. The van der Waals surface area contributed by atoms with Crippen LogP contribution in [-0.4, -0.2) is 9.49 Å². The zero-order chi connectivity index (χ0) is 11.5. The Kier molecular flexibility index (Phi) is 3.05. The van der Waals surface area contributed by atoms with Gasteiger partial charge in [0.15, 0.2) is 0 Å². The van der Waals surface area contributed by atoms with E-state index in [1.807, 2.05) is 35.2 Å². The lowest BCUT2D eigenvalue weighted by atomic mass is 10.2. The predicted molar refractivity (Wildman–Crippen MR) is 64.3 cm³/mol. The second-order valence-corrected chi connectivity index (χ2v) is 4.30. The Hall–Kier alpha value is -1.62. The summed E-state index contributed by atoms with van der Waals surface area (Å²) in [6, 6.07) is 8.89. The molecule has 0 saturated heterocycles. The van der Waals surface area contributed by atoms with Crippen LogP contribution in [0.1, 0.15) is 5.56 Å². The fourth-order valence-corrected chi connectivity index (χ4v) is 1.86. The molecule has 0 radical (unpaired) electrons. The number of nitrogens with zero attached hydrogens (tertiary/aromatic N) is 2. The van der Waals surface area contributed by atoms with Crippen molar-refractivity contribution in [3.63, 3.8) is 0 Å². The van der Waals surface area contributed by atoms with Crippen LogP contribution < -0.4 is 0 Å². The molecule has 2 rings (SSSR count). The van der Waals surface area contributed by atoms with Crippen LogP contribution in [0.25, 0.3) is 0 Å². The zero-order valence-corrected chi connectivity index (χ0v) is 9.92. The average Bonchev–Trinajstić information content (AvgIpc) is 2.73. The Morgan fingerprint density at radius 3 is 2.62 bits per heavy atom. The molecule has 0 aliphatic carbocycles. The lowest BCUT2D eigenvalue weighted by molar-refractivity contribution is -0.385. The monoisotopic (exact) mass is 280 g/mol. The molecule has 0 unspecified atom stereocenters. The van der Waals surface area contributed by atoms with Crippen LogP contribution >= 0.6 is 15.9 Å². The zero-order valence-electron chi connectivity index (χ0n) is 8.34. The second kappa shape index (κ2) is 4.49. The average molecular weight is 281 g/mol. The maximum atomic E-state index is 10.9. The Morgan fingerprint density at radius 1 is 1.31 bits per heavy atom. The summed E-state index contributed by atoms with van der Waals surface area (Å²) in [5.74, 6) is 0. The summed E-state index contributed by atoms with van der Waals surface area (Å²) in [7, 11) is 0. The van der Waals surface area contributed by atoms with Crippen molar-refractivity contribution < 1.29 is 4.92 Å². The molecular weight excluding hydrogens is 272 g/mol. The standard InChI is InChI=1S/C11H9BrN2O2/c12-10-4-3-9(11(7-10)14(15)16)8-13-5-1-2-6-13/h1-7H,8H2. The molecule has 0 spiro atoms. The van der Waals surface area contributed by atoms with Crippen LogP contribution in [0, 0.1) is 10.1 Å². The van der Waals surface area contributed by atoms with Gasteiger partial charge < -0.3 is 4.57 Å². The van der Waals surface area contributed by atoms with Gasteiger partial charge in [-0.25, -0.2) is 0 Å². The highest BCUT2D eigenvalue weighted by atomic mass is 79.9. The molecule has 0 aliphatic heterocycles. The molecule has 1 aromatic heterocycles. The Morgan fingerprint density at radius 2 is 2.00 bits per heavy atom. The largest absolute Gasteiger partial charge is 0.350 e. The molecular formula is C11H9BrN2O2. The highest BCUT2D eigenvalue weighted by Gasteiger charge is 2.13. The van der Waals surface area contributed by atoms with Crippen LogP contribution in [0.3, 0.4) is 0 Å². The van der Waals surface area contributed by atoms with Crippen molar-refractivity contribution in [1.82, 2.24) is 4.57 Å². The first kappa shape index (κ1) is 10.9. The van der Waals surface area contributed by atoms with Crippen molar-refractivity contribution >= 4 is 21.6 Å². The minimum atomic E-state index is -0.358. The first-order chi connectivity index (χ1) is 7.66. The van der Waals surface area contributed by atoms with Gasteiger partial charge >= 0.3 is 0 Å². The van der Waals surface area contributed by atoms with E-state index in [0.717, 1.165) is 4.47 Å². The Bertz CT molecular complexity index is 509. The SMILES string of the molecule is O=[N+]([O-])c1cc(Br)ccc1Cn1cccc1. The van der Waals surface area contributed by atoms with Crippen LogP contribution in [0.4, 0.5) is 5.69 Å². The van der Waals surface area contributed by atoms with E-state index in [-0.39, 0.29) is 10.6 Å². The summed E-state index contributed by atoms with van der Waals surface area (Å²) in [5, 5.41) is 10.9. The van der Waals surface area contributed by atoms with Gasteiger partial charge in [-0.05, 0) is 24.3 Å². The molecule has 5 heteroatoms. The number of nitro benzene ring substituents is 1. The fourth-order valence-electron chi connectivity index (χ4n) is 1.51. The predicted octanol–water partition coefficient (Wildman–Crippen LogP) is 3.21. The Balaban J connectivity index is 2.36. The summed E-state index contributed by atoms with van der Waals surface area (Å²) >= 11 is 3.23. The molecule has 4 nitrogen and oxygen atoms in total. The van der Waals surface area contributed by atoms with E-state index in [1.54, 1.807) is 6.07 Å². The molecule has 1 heterocycles. The van der Waals surface area contributed by atoms with Gasteiger partial charge in [-0.15, -0.1) is 0 Å². The first-order valence-electron chi connectivity index (χ1n) is 4.70.